The van der Waals surface area contributed by atoms with Crippen LogP contribution in [0.1, 0.15) is 18.6 Å². The van der Waals surface area contributed by atoms with E-state index in [1.807, 2.05) is 42.1 Å². The molecule has 8 nitrogen and oxygen atoms in total. The topological polar surface area (TPSA) is 96.6 Å². The Morgan fingerprint density at radius 1 is 1.21 bits per heavy atom. The smallest absolute Gasteiger partial charge is 0.325 e. The Hall–Kier alpha value is -3.55. The first kappa shape index (κ1) is 17.8. The lowest BCUT2D eigenvalue weighted by Gasteiger charge is -2.11. The van der Waals surface area contributed by atoms with Gasteiger partial charge >= 0.3 is 6.03 Å². The van der Waals surface area contributed by atoms with Crippen molar-refractivity contribution >= 4 is 34.4 Å². The van der Waals surface area contributed by atoms with Gasteiger partial charge in [0, 0.05) is 30.6 Å². The summed E-state index contributed by atoms with van der Waals surface area (Å²) in [6, 6.07) is 9.86. The number of carbonyl (C=O) groups excluding carboxylic acids is 3. The average molecular weight is 380 g/mol. The number of carbonyl (C=O) groups is 3. The number of anilines is 1. The van der Waals surface area contributed by atoms with Gasteiger partial charge in [-0.15, -0.1) is 0 Å². The van der Waals surface area contributed by atoms with Crippen molar-refractivity contribution < 1.29 is 18.8 Å². The maximum atomic E-state index is 12.5. The minimum atomic E-state index is -0.708. The number of aryl methyl sites for hydroxylation is 1. The zero-order valence-electron chi connectivity index (χ0n) is 15.3. The van der Waals surface area contributed by atoms with E-state index in [0.717, 1.165) is 21.5 Å². The third-order valence-corrected chi connectivity index (χ3v) is 4.86. The number of nitrogens with zero attached hydrogens (tertiary/aromatic N) is 2. The summed E-state index contributed by atoms with van der Waals surface area (Å²) in [4.78, 5) is 38.0. The number of benzene rings is 1. The molecule has 8 heteroatoms. The van der Waals surface area contributed by atoms with E-state index in [9.17, 15) is 14.4 Å². The van der Waals surface area contributed by atoms with Gasteiger partial charge < -0.3 is 19.6 Å². The number of fused-ring (bicyclic) bond motifs is 1. The van der Waals surface area contributed by atoms with Gasteiger partial charge in [0.25, 0.3) is 5.91 Å². The van der Waals surface area contributed by atoms with Gasteiger partial charge in [0.2, 0.25) is 5.91 Å². The van der Waals surface area contributed by atoms with E-state index in [4.69, 9.17) is 4.42 Å². The van der Waals surface area contributed by atoms with Crippen molar-refractivity contribution in [3.05, 3.63) is 54.6 Å². The third-order valence-electron chi connectivity index (χ3n) is 4.86. The normalized spacial score (nSPS) is 16.6. The standard InChI is InChI=1S/C20H20N4O4/c1-23-10-9-14-15(5-2-6-17(14)23)21-18(25)8-7-16-19(26)24(20(27)22-16)12-13-4-3-11-28-13/h2-6,9-11,16H,7-8,12H2,1H3,(H,21,25)(H,22,27)/t16-/m1/s1. The Morgan fingerprint density at radius 3 is 2.86 bits per heavy atom. The van der Waals surface area contributed by atoms with Crippen molar-refractivity contribution in [2.45, 2.75) is 25.4 Å². The largest absolute Gasteiger partial charge is 0.467 e. The molecule has 28 heavy (non-hydrogen) atoms. The summed E-state index contributed by atoms with van der Waals surface area (Å²) in [6.07, 6.45) is 3.77. The number of imide groups is 1. The molecule has 0 unspecified atom stereocenters. The highest BCUT2D eigenvalue weighted by atomic mass is 16.3. The van der Waals surface area contributed by atoms with E-state index < -0.39 is 12.1 Å². The molecule has 0 radical (unpaired) electrons. The van der Waals surface area contributed by atoms with Crippen molar-refractivity contribution in [1.29, 1.82) is 0 Å². The molecule has 4 rings (SSSR count). The van der Waals surface area contributed by atoms with Crippen LogP contribution < -0.4 is 10.6 Å². The number of hydrogen-bond donors (Lipinski definition) is 2. The lowest BCUT2D eigenvalue weighted by molar-refractivity contribution is -0.128. The highest BCUT2D eigenvalue weighted by molar-refractivity contribution is 6.05. The monoisotopic (exact) mass is 380 g/mol. The first-order valence-electron chi connectivity index (χ1n) is 9.01. The molecule has 1 aliphatic rings. The van der Waals surface area contributed by atoms with Gasteiger partial charge in [0.1, 0.15) is 11.8 Å². The Bertz CT molecular complexity index is 1040. The molecule has 1 atom stereocenters. The molecular weight excluding hydrogens is 360 g/mol. The van der Waals surface area contributed by atoms with Crippen molar-refractivity contribution in [2.75, 3.05) is 5.32 Å². The summed E-state index contributed by atoms with van der Waals surface area (Å²) < 4.78 is 7.17. The molecule has 2 N–H and O–H groups in total. The molecule has 1 aromatic carbocycles. The molecule has 3 heterocycles. The number of amides is 4. The Morgan fingerprint density at radius 2 is 2.07 bits per heavy atom. The quantitative estimate of drug-likeness (QED) is 0.643. The first-order valence-corrected chi connectivity index (χ1v) is 9.01. The number of urea groups is 1. The van der Waals surface area contributed by atoms with E-state index in [1.54, 1.807) is 12.1 Å². The number of hydrogen-bond acceptors (Lipinski definition) is 4. The van der Waals surface area contributed by atoms with Crippen LogP contribution in [-0.2, 0) is 23.2 Å². The van der Waals surface area contributed by atoms with Crippen molar-refractivity contribution in [3.63, 3.8) is 0 Å². The zero-order valence-corrected chi connectivity index (χ0v) is 15.3. The fourth-order valence-corrected chi connectivity index (χ4v) is 3.38. The van der Waals surface area contributed by atoms with Crippen molar-refractivity contribution in [1.82, 2.24) is 14.8 Å². The van der Waals surface area contributed by atoms with Gasteiger partial charge in [-0.1, -0.05) is 6.07 Å². The fraction of sp³-hybridized carbons (Fsp3) is 0.250. The summed E-state index contributed by atoms with van der Waals surface area (Å²) in [6.45, 7) is 0.0797. The summed E-state index contributed by atoms with van der Waals surface area (Å²) in [7, 11) is 1.94. The van der Waals surface area contributed by atoms with Gasteiger partial charge in [-0.25, -0.2) is 4.79 Å². The van der Waals surface area contributed by atoms with Crippen LogP contribution in [0.25, 0.3) is 10.9 Å². The molecule has 2 aromatic heterocycles. The number of nitrogens with one attached hydrogen (secondary N) is 2. The van der Waals surface area contributed by atoms with Gasteiger partial charge in [-0.3, -0.25) is 14.5 Å². The summed E-state index contributed by atoms with van der Waals surface area (Å²) in [5, 5.41) is 6.47. The van der Waals surface area contributed by atoms with Gasteiger partial charge in [0.15, 0.2) is 0 Å². The maximum Gasteiger partial charge on any atom is 0.325 e. The Kier molecular flexibility index (Phi) is 4.60. The molecular formula is C20H20N4O4. The number of aromatic nitrogens is 1. The van der Waals surface area contributed by atoms with Crippen LogP contribution in [0.4, 0.5) is 10.5 Å². The predicted octanol–water partition coefficient (Wildman–Crippen LogP) is 2.61. The Balaban J connectivity index is 1.35. The SMILES string of the molecule is Cn1ccc2c(NC(=O)CC[C@H]3NC(=O)N(Cc4ccco4)C3=O)cccc21. The molecule has 1 saturated heterocycles. The summed E-state index contributed by atoms with van der Waals surface area (Å²) in [5.41, 5.74) is 1.74. The zero-order chi connectivity index (χ0) is 19.7. The highest BCUT2D eigenvalue weighted by Gasteiger charge is 2.38. The van der Waals surface area contributed by atoms with E-state index in [-0.39, 0.29) is 31.2 Å². The highest BCUT2D eigenvalue weighted by Crippen LogP contribution is 2.24. The van der Waals surface area contributed by atoms with Crippen LogP contribution >= 0.6 is 0 Å². The second-order valence-corrected chi connectivity index (χ2v) is 6.76. The van der Waals surface area contributed by atoms with Gasteiger partial charge in [-0.2, -0.15) is 0 Å². The number of furan rings is 1. The van der Waals surface area contributed by atoms with Crippen LogP contribution in [0.5, 0.6) is 0 Å². The molecule has 1 fully saturated rings. The molecule has 1 aliphatic heterocycles. The summed E-state index contributed by atoms with van der Waals surface area (Å²) in [5.74, 6) is -0.0277. The molecule has 3 aromatic rings. The Labute approximate surface area is 161 Å². The van der Waals surface area contributed by atoms with E-state index in [1.165, 1.54) is 6.26 Å². The van der Waals surface area contributed by atoms with Crippen LogP contribution in [0.2, 0.25) is 0 Å². The molecule has 0 saturated carbocycles. The van der Waals surface area contributed by atoms with Crippen LogP contribution in [0.15, 0.2) is 53.3 Å². The van der Waals surface area contributed by atoms with E-state index >= 15 is 0 Å². The number of rotatable bonds is 6. The lowest BCUT2D eigenvalue weighted by atomic mass is 10.1. The molecule has 0 aliphatic carbocycles. The van der Waals surface area contributed by atoms with Gasteiger partial charge in [-0.05, 0) is 36.8 Å². The summed E-state index contributed by atoms with van der Waals surface area (Å²) >= 11 is 0. The van der Waals surface area contributed by atoms with Crippen molar-refractivity contribution in [3.8, 4) is 0 Å². The van der Waals surface area contributed by atoms with Crippen LogP contribution in [-0.4, -0.2) is 33.4 Å². The second kappa shape index (κ2) is 7.22. The average Bonchev–Trinajstić information content (AvgIpc) is 3.38. The van der Waals surface area contributed by atoms with E-state index in [0.29, 0.717) is 5.76 Å². The fourth-order valence-electron chi connectivity index (χ4n) is 3.38. The minimum absolute atomic E-state index is 0.0797. The molecule has 144 valence electrons. The third kappa shape index (κ3) is 3.36. The van der Waals surface area contributed by atoms with Crippen LogP contribution in [0.3, 0.4) is 0 Å². The first-order chi connectivity index (χ1) is 13.5. The second-order valence-electron chi connectivity index (χ2n) is 6.76. The molecule has 0 bridgehead atoms. The molecule has 4 amide bonds. The van der Waals surface area contributed by atoms with Gasteiger partial charge in [0.05, 0.1) is 18.5 Å². The predicted molar refractivity (Wildman–Crippen MR) is 102 cm³/mol. The van der Waals surface area contributed by atoms with Crippen molar-refractivity contribution in [2.24, 2.45) is 7.05 Å². The van der Waals surface area contributed by atoms with E-state index in [2.05, 4.69) is 10.6 Å². The van der Waals surface area contributed by atoms with Crippen LogP contribution in [0, 0.1) is 0 Å². The lowest BCUT2D eigenvalue weighted by Crippen LogP contribution is -2.31. The molecule has 0 spiro atoms. The maximum absolute atomic E-state index is 12.5. The minimum Gasteiger partial charge on any atom is -0.467 e.